The van der Waals surface area contributed by atoms with Crippen LogP contribution >= 0.6 is 24.0 Å². The maximum Gasteiger partial charge on any atom is 0.193 e. The summed E-state index contributed by atoms with van der Waals surface area (Å²) in [6.45, 7) is 3.25. The summed E-state index contributed by atoms with van der Waals surface area (Å²) >= 11 is 0. The molecule has 0 aliphatic carbocycles. The average molecular weight is 447 g/mol. The summed E-state index contributed by atoms with van der Waals surface area (Å²) in [5.41, 5.74) is 9.31. The van der Waals surface area contributed by atoms with E-state index in [2.05, 4.69) is 32.0 Å². The average Bonchev–Trinajstić information content (AvgIpc) is 3.01. The SMILES string of the molecule is Cc1cccc(NC(N)=NCc2nccn2Cc2ccccc2)c1.I. The lowest BCUT2D eigenvalue weighted by atomic mass is 10.2. The standard InChI is InChI=1S/C19H21N5.HI/c1-15-6-5-9-17(12-15)23-19(20)22-13-18-21-10-11-24(18)14-16-7-3-2-4-8-16;/h2-12H,13-14H2,1H3,(H3,20,22,23);1H. The van der Waals surface area contributed by atoms with Crippen molar-refractivity contribution in [2.24, 2.45) is 10.7 Å². The van der Waals surface area contributed by atoms with E-state index in [1.54, 1.807) is 6.20 Å². The third-order valence-corrected chi connectivity index (χ3v) is 3.68. The number of halogens is 1. The molecule has 0 aliphatic heterocycles. The highest BCUT2D eigenvalue weighted by molar-refractivity contribution is 14.0. The van der Waals surface area contributed by atoms with Gasteiger partial charge in [0.05, 0.1) is 0 Å². The molecular formula is C19H22IN5. The molecule has 0 bridgehead atoms. The summed E-state index contributed by atoms with van der Waals surface area (Å²) in [5, 5.41) is 3.11. The number of anilines is 1. The quantitative estimate of drug-likeness (QED) is 0.356. The number of nitrogens with one attached hydrogen (secondary N) is 1. The number of nitrogens with zero attached hydrogens (tertiary/aromatic N) is 3. The maximum absolute atomic E-state index is 5.98. The topological polar surface area (TPSA) is 68.2 Å². The van der Waals surface area contributed by atoms with Crippen LogP contribution in [0.25, 0.3) is 0 Å². The number of rotatable bonds is 5. The smallest absolute Gasteiger partial charge is 0.193 e. The molecule has 3 rings (SSSR count). The van der Waals surface area contributed by atoms with Gasteiger partial charge in [-0.3, -0.25) is 0 Å². The zero-order chi connectivity index (χ0) is 16.8. The third kappa shape index (κ3) is 5.60. The Morgan fingerprint density at radius 2 is 1.96 bits per heavy atom. The monoisotopic (exact) mass is 447 g/mol. The first-order chi connectivity index (χ1) is 11.7. The summed E-state index contributed by atoms with van der Waals surface area (Å²) < 4.78 is 2.08. The Hall–Kier alpha value is -2.35. The Morgan fingerprint density at radius 1 is 1.16 bits per heavy atom. The molecule has 2 aromatic carbocycles. The summed E-state index contributed by atoms with van der Waals surface area (Å²) in [4.78, 5) is 8.77. The fourth-order valence-corrected chi connectivity index (χ4v) is 2.48. The van der Waals surface area contributed by atoms with Gasteiger partial charge in [0.1, 0.15) is 12.4 Å². The van der Waals surface area contributed by atoms with Crippen molar-refractivity contribution in [2.45, 2.75) is 20.0 Å². The van der Waals surface area contributed by atoms with E-state index in [1.165, 1.54) is 11.1 Å². The Balaban J connectivity index is 0.00000225. The van der Waals surface area contributed by atoms with Crippen LogP contribution in [-0.4, -0.2) is 15.5 Å². The second-order valence-electron chi connectivity index (χ2n) is 5.65. The lowest BCUT2D eigenvalue weighted by molar-refractivity contribution is 0.724. The lowest BCUT2D eigenvalue weighted by Crippen LogP contribution is -2.23. The predicted molar refractivity (Wildman–Crippen MR) is 113 cm³/mol. The van der Waals surface area contributed by atoms with Gasteiger partial charge < -0.3 is 15.6 Å². The second kappa shape index (κ2) is 9.22. The summed E-state index contributed by atoms with van der Waals surface area (Å²) in [6, 6.07) is 18.3. The minimum absolute atomic E-state index is 0. The van der Waals surface area contributed by atoms with Crippen molar-refractivity contribution in [2.75, 3.05) is 5.32 Å². The first kappa shape index (κ1) is 19.0. The molecule has 0 amide bonds. The van der Waals surface area contributed by atoms with Gasteiger partial charge in [-0.15, -0.1) is 24.0 Å². The molecular weight excluding hydrogens is 425 g/mol. The van der Waals surface area contributed by atoms with Gasteiger partial charge in [0.2, 0.25) is 0 Å². The molecule has 0 fully saturated rings. The Labute approximate surface area is 165 Å². The predicted octanol–water partition coefficient (Wildman–Crippen LogP) is 3.78. The molecule has 6 heteroatoms. The van der Waals surface area contributed by atoms with E-state index in [0.29, 0.717) is 12.5 Å². The number of aliphatic imine (C=N–C) groups is 1. The molecule has 3 N–H and O–H groups in total. The highest BCUT2D eigenvalue weighted by Gasteiger charge is 2.03. The molecule has 0 unspecified atom stereocenters. The van der Waals surface area contributed by atoms with E-state index in [9.17, 15) is 0 Å². The zero-order valence-corrected chi connectivity index (χ0v) is 16.4. The highest BCUT2D eigenvalue weighted by Crippen LogP contribution is 2.10. The molecule has 0 saturated heterocycles. The molecule has 0 atom stereocenters. The van der Waals surface area contributed by atoms with Crippen LogP contribution in [-0.2, 0) is 13.1 Å². The summed E-state index contributed by atoms with van der Waals surface area (Å²) in [5.74, 6) is 1.27. The van der Waals surface area contributed by atoms with E-state index in [-0.39, 0.29) is 24.0 Å². The van der Waals surface area contributed by atoms with Gasteiger partial charge in [-0.1, -0.05) is 42.5 Å². The number of hydrogen-bond acceptors (Lipinski definition) is 2. The molecule has 5 nitrogen and oxygen atoms in total. The molecule has 1 heterocycles. The molecule has 3 aromatic rings. The fourth-order valence-electron chi connectivity index (χ4n) is 2.48. The van der Waals surface area contributed by atoms with Crippen molar-refractivity contribution >= 4 is 35.6 Å². The minimum Gasteiger partial charge on any atom is -0.370 e. The molecule has 130 valence electrons. The first-order valence-corrected chi connectivity index (χ1v) is 7.88. The number of aromatic nitrogens is 2. The molecule has 0 aliphatic rings. The molecule has 0 spiro atoms. The number of hydrogen-bond donors (Lipinski definition) is 2. The zero-order valence-electron chi connectivity index (χ0n) is 14.1. The van der Waals surface area contributed by atoms with Crippen LogP contribution in [0.1, 0.15) is 17.0 Å². The molecule has 25 heavy (non-hydrogen) atoms. The van der Waals surface area contributed by atoms with E-state index >= 15 is 0 Å². The second-order valence-corrected chi connectivity index (χ2v) is 5.65. The number of aryl methyl sites for hydroxylation is 1. The maximum atomic E-state index is 5.98. The number of benzene rings is 2. The lowest BCUT2D eigenvalue weighted by Gasteiger charge is -2.08. The van der Waals surface area contributed by atoms with Gasteiger partial charge in [-0.25, -0.2) is 9.98 Å². The van der Waals surface area contributed by atoms with E-state index < -0.39 is 0 Å². The minimum atomic E-state index is 0. The molecule has 0 saturated carbocycles. The van der Waals surface area contributed by atoms with Gasteiger partial charge in [0.25, 0.3) is 0 Å². The van der Waals surface area contributed by atoms with Crippen molar-refractivity contribution < 1.29 is 0 Å². The van der Waals surface area contributed by atoms with Gasteiger partial charge in [-0.2, -0.15) is 0 Å². The molecule has 0 radical (unpaired) electrons. The fraction of sp³-hybridized carbons (Fsp3) is 0.158. The Bertz CT molecular complexity index is 827. The van der Waals surface area contributed by atoms with Crippen LogP contribution in [0.4, 0.5) is 5.69 Å². The van der Waals surface area contributed by atoms with E-state index in [4.69, 9.17) is 5.73 Å². The highest BCUT2D eigenvalue weighted by atomic mass is 127. The normalized spacial score (nSPS) is 11.0. The Morgan fingerprint density at radius 3 is 2.72 bits per heavy atom. The van der Waals surface area contributed by atoms with Crippen molar-refractivity contribution in [1.82, 2.24) is 9.55 Å². The van der Waals surface area contributed by atoms with Gasteiger partial charge in [0.15, 0.2) is 5.96 Å². The van der Waals surface area contributed by atoms with Crippen molar-refractivity contribution in [3.05, 3.63) is 83.9 Å². The van der Waals surface area contributed by atoms with Crippen molar-refractivity contribution in [1.29, 1.82) is 0 Å². The van der Waals surface area contributed by atoms with E-state index in [1.807, 2.05) is 55.6 Å². The number of guanidine groups is 1. The van der Waals surface area contributed by atoms with Gasteiger partial charge in [-0.05, 0) is 30.2 Å². The van der Waals surface area contributed by atoms with Crippen LogP contribution < -0.4 is 11.1 Å². The Kier molecular flexibility index (Phi) is 7.00. The summed E-state index contributed by atoms with van der Waals surface area (Å²) in [7, 11) is 0. The van der Waals surface area contributed by atoms with Crippen LogP contribution in [0.3, 0.4) is 0 Å². The third-order valence-electron chi connectivity index (χ3n) is 3.68. The van der Waals surface area contributed by atoms with Crippen LogP contribution in [0.15, 0.2) is 72.0 Å². The summed E-state index contributed by atoms with van der Waals surface area (Å²) in [6.07, 6.45) is 3.75. The van der Waals surface area contributed by atoms with Crippen molar-refractivity contribution in [3.63, 3.8) is 0 Å². The number of imidazole rings is 1. The van der Waals surface area contributed by atoms with Crippen molar-refractivity contribution in [3.8, 4) is 0 Å². The van der Waals surface area contributed by atoms with Crippen LogP contribution in [0.2, 0.25) is 0 Å². The van der Waals surface area contributed by atoms with Gasteiger partial charge in [0, 0.05) is 24.6 Å². The number of nitrogens with two attached hydrogens (primary N) is 1. The van der Waals surface area contributed by atoms with Crippen LogP contribution in [0, 0.1) is 6.92 Å². The first-order valence-electron chi connectivity index (χ1n) is 7.88. The van der Waals surface area contributed by atoms with Crippen LogP contribution in [0.5, 0.6) is 0 Å². The van der Waals surface area contributed by atoms with Gasteiger partial charge >= 0.3 is 0 Å². The largest absolute Gasteiger partial charge is 0.370 e. The molecule has 1 aromatic heterocycles. The van der Waals surface area contributed by atoms with E-state index in [0.717, 1.165) is 18.1 Å².